The van der Waals surface area contributed by atoms with Gasteiger partial charge < -0.3 is 20.1 Å². The van der Waals surface area contributed by atoms with Crippen LogP contribution in [-0.4, -0.2) is 60.1 Å². The molecule has 2 N–H and O–H groups in total. The standard InChI is InChI=1S/C13H22N2O5/c1-8(2)15-7-9(6-11(15)16)12(17)14-10(13(18)19)4-5-20-3/h8-10H,4-7H2,1-3H3,(H,14,17)(H,18,19)/t9-,10-/m0/s1. The predicted octanol–water partition coefficient (Wildman–Crippen LogP) is -0.151. The first-order chi connectivity index (χ1) is 9.36. The van der Waals surface area contributed by atoms with Gasteiger partial charge in [-0.25, -0.2) is 4.79 Å². The number of amides is 2. The van der Waals surface area contributed by atoms with E-state index in [4.69, 9.17) is 9.84 Å². The molecule has 7 nitrogen and oxygen atoms in total. The first kappa shape index (κ1) is 16.4. The minimum absolute atomic E-state index is 0.0454. The van der Waals surface area contributed by atoms with Crippen molar-refractivity contribution in [3.05, 3.63) is 0 Å². The second-order valence-electron chi connectivity index (χ2n) is 5.22. The van der Waals surface area contributed by atoms with Crippen LogP contribution in [0.5, 0.6) is 0 Å². The number of carbonyl (C=O) groups is 3. The van der Waals surface area contributed by atoms with Gasteiger partial charge in [0, 0.05) is 39.1 Å². The molecule has 1 aliphatic heterocycles. The fourth-order valence-corrected chi connectivity index (χ4v) is 2.19. The van der Waals surface area contributed by atoms with Gasteiger partial charge in [0.05, 0.1) is 5.92 Å². The average Bonchev–Trinajstić information content (AvgIpc) is 2.76. The summed E-state index contributed by atoms with van der Waals surface area (Å²) in [5.74, 6) is -2.02. The molecule has 2 amide bonds. The minimum atomic E-state index is -1.10. The zero-order chi connectivity index (χ0) is 15.3. The van der Waals surface area contributed by atoms with Crippen LogP contribution >= 0.6 is 0 Å². The quantitative estimate of drug-likeness (QED) is 0.678. The SMILES string of the molecule is COCC[C@H](NC(=O)[C@H]1CC(=O)N(C(C)C)C1)C(=O)O. The zero-order valence-electron chi connectivity index (χ0n) is 12.1. The lowest BCUT2D eigenvalue weighted by Gasteiger charge is -2.21. The van der Waals surface area contributed by atoms with Crippen molar-refractivity contribution in [1.82, 2.24) is 10.2 Å². The summed E-state index contributed by atoms with van der Waals surface area (Å²) in [6, 6.07) is -0.935. The van der Waals surface area contributed by atoms with Gasteiger partial charge in [-0.05, 0) is 13.8 Å². The summed E-state index contributed by atoms with van der Waals surface area (Å²) in [7, 11) is 1.47. The van der Waals surface area contributed by atoms with Crippen molar-refractivity contribution in [2.45, 2.75) is 38.8 Å². The molecule has 114 valence electrons. The maximum absolute atomic E-state index is 12.0. The molecule has 1 fully saturated rings. The number of hydrogen-bond donors (Lipinski definition) is 2. The van der Waals surface area contributed by atoms with Gasteiger partial charge in [0.15, 0.2) is 0 Å². The van der Waals surface area contributed by atoms with Crippen LogP contribution in [0.15, 0.2) is 0 Å². The van der Waals surface area contributed by atoms with E-state index in [0.29, 0.717) is 6.54 Å². The Hall–Kier alpha value is -1.63. The number of carboxylic acids is 1. The third kappa shape index (κ3) is 4.19. The maximum atomic E-state index is 12.0. The topological polar surface area (TPSA) is 95.9 Å². The number of carboxylic acid groups (broad SMARTS) is 1. The largest absolute Gasteiger partial charge is 0.480 e. The maximum Gasteiger partial charge on any atom is 0.326 e. The van der Waals surface area contributed by atoms with E-state index in [0.717, 1.165) is 0 Å². The number of aliphatic carboxylic acids is 1. The van der Waals surface area contributed by atoms with E-state index in [-0.39, 0.29) is 37.3 Å². The van der Waals surface area contributed by atoms with Gasteiger partial charge in [0.2, 0.25) is 11.8 Å². The average molecular weight is 286 g/mol. The number of carbonyl (C=O) groups excluding carboxylic acids is 2. The van der Waals surface area contributed by atoms with Gasteiger partial charge >= 0.3 is 5.97 Å². The number of ether oxygens (including phenoxy) is 1. The summed E-state index contributed by atoms with van der Waals surface area (Å²) >= 11 is 0. The highest BCUT2D eigenvalue weighted by Crippen LogP contribution is 2.20. The Morgan fingerprint density at radius 3 is 2.60 bits per heavy atom. The van der Waals surface area contributed by atoms with Gasteiger partial charge in [-0.3, -0.25) is 9.59 Å². The van der Waals surface area contributed by atoms with Crippen LogP contribution in [0.4, 0.5) is 0 Å². The van der Waals surface area contributed by atoms with Gasteiger partial charge in [-0.15, -0.1) is 0 Å². The van der Waals surface area contributed by atoms with Crippen LogP contribution in [0, 0.1) is 5.92 Å². The molecule has 0 bridgehead atoms. The van der Waals surface area contributed by atoms with Crippen LogP contribution < -0.4 is 5.32 Å². The molecule has 1 saturated heterocycles. The number of nitrogens with one attached hydrogen (secondary N) is 1. The van der Waals surface area contributed by atoms with Crippen molar-refractivity contribution in [2.75, 3.05) is 20.3 Å². The number of methoxy groups -OCH3 is 1. The lowest BCUT2D eigenvalue weighted by Crippen LogP contribution is -2.45. The molecule has 1 heterocycles. The summed E-state index contributed by atoms with van der Waals surface area (Å²) in [6.07, 6.45) is 0.340. The molecule has 0 aromatic rings. The Balaban J connectivity index is 2.57. The molecular formula is C13H22N2O5. The fraction of sp³-hybridized carbons (Fsp3) is 0.769. The molecule has 0 saturated carbocycles. The second kappa shape index (κ2) is 7.23. The van der Waals surface area contributed by atoms with Gasteiger partial charge in [-0.1, -0.05) is 0 Å². The molecule has 0 aromatic carbocycles. The highest BCUT2D eigenvalue weighted by atomic mass is 16.5. The Morgan fingerprint density at radius 2 is 2.15 bits per heavy atom. The summed E-state index contributed by atoms with van der Waals surface area (Å²) in [4.78, 5) is 36.5. The zero-order valence-corrected chi connectivity index (χ0v) is 12.1. The Kier molecular flexibility index (Phi) is 5.94. The number of likely N-dealkylation sites (tertiary alicyclic amines) is 1. The molecule has 0 aliphatic carbocycles. The second-order valence-corrected chi connectivity index (χ2v) is 5.22. The van der Waals surface area contributed by atoms with E-state index < -0.39 is 17.9 Å². The van der Waals surface area contributed by atoms with Crippen molar-refractivity contribution in [3.63, 3.8) is 0 Å². The van der Waals surface area contributed by atoms with Gasteiger partial charge in [0.25, 0.3) is 0 Å². The van der Waals surface area contributed by atoms with E-state index in [1.807, 2.05) is 13.8 Å². The molecular weight excluding hydrogens is 264 g/mol. The first-order valence-electron chi connectivity index (χ1n) is 6.68. The lowest BCUT2D eigenvalue weighted by atomic mass is 10.1. The third-order valence-corrected chi connectivity index (χ3v) is 3.38. The Bertz CT molecular complexity index is 383. The van der Waals surface area contributed by atoms with Crippen LogP contribution in [0.3, 0.4) is 0 Å². The van der Waals surface area contributed by atoms with Crippen molar-refractivity contribution in [3.8, 4) is 0 Å². The molecule has 0 aromatic heterocycles. The molecule has 0 radical (unpaired) electrons. The van der Waals surface area contributed by atoms with Crippen LogP contribution in [0.25, 0.3) is 0 Å². The Morgan fingerprint density at radius 1 is 1.50 bits per heavy atom. The van der Waals surface area contributed by atoms with E-state index in [1.165, 1.54) is 7.11 Å². The molecule has 0 spiro atoms. The highest BCUT2D eigenvalue weighted by Gasteiger charge is 2.36. The van der Waals surface area contributed by atoms with Crippen molar-refractivity contribution >= 4 is 17.8 Å². The number of rotatable bonds is 7. The summed E-state index contributed by atoms with van der Waals surface area (Å²) in [5.41, 5.74) is 0. The van der Waals surface area contributed by atoms with Crippen LogP contribution in [-0.2, 0) is 19.1 Å². The molecule has 2 atom stereocenters. The van der Waals surface area contributed by atoms with E-state index >= 15 is 0 Å². The molecule has 0 unspecified atom stereocenters. The molecule has 1 aliphatic rings. The third-order valence-electron chi connectivity index (χ3n) is 3.38. The van der Waals surface area contributed by atoms with Crippen molar-refractivity contribution in [1.29, 1.82) is 0 Å². The molecule has 20 heavy (non-hydrogen) atoms. The lowest BCUT2D eigenvalue weighted by molar-refractivity contribution is -0.142. The number of hydrogen-bond acceptors (Lipinski definition) is 4. The van der Waals surface area contributed by atoms with E-state index in [9.17, 15) is 14.4 Å². The molecule has 1 rings (SSSR count). The summed E-state index contributed by atoms with van der Waals surface area (Å²) in [6.45, 7) is 4.37. The van der Waals surface area contributed by atoms with Crippen LogP contribution in [0.1, 0.15) is 26.7 Å². The van der Waals surface area contributed by atoms with E-state index in [1.54, 1.807) is 4.90 Å². The Labute approximate surface area is 118 Å². The van der Waals surface area contributed by atoms with Crippen molar-refractivity contribution < 1.29 is 24.2 Å². The highest BCUT2D eigenvalue weighted by molar-refractivity contribution is 5.91. The smallest absolute Gasteiger partial charge is 0.326 e. The van der Waals surface area contributed by atoms with Crippen LogP contribution in [0.2, 0.25) is 0 Å². The first-order valence-corrected chi connectivity index (χ1v) is 6.68. The van der Waals surface area contributed by atoms with E-state index in [2.05, 4.69) is 5.32 Å². The van der Waals surface area contributed by atoms with Gasteiger partial charge in [-0.2, -0.15) is 0 Å². The number of nitrogens with zero attached hydrogens (tertiary/aromatic N) is 1. The minimum Gasteiger partial charge on any atom is -0.480 e. The molecule has 7 heteroatoms. The normalized spacial score (nSPS) is 20.3. The summed E-state index contributed by atoms with van der Waals surface area (Å²) < 4.78 is 4.82. The monoisotopic (exact) mass is 286 g/mol. The predicted molar refractivity (Wildman–Crippen MR) is 71.0 cm³/mol. The van der Waals surface area contributed by atoms with Crippen molar-refractivity contribution in [2.24, 2.45) is 5.92 Å². The fourth-order valence-electron chi connectivity index (χ4n) is 2.19. The summed E-state index contributed by atoms with van der Waals surface area (Å²) in [5, 5.41) is 11.5. The van der Waals surface area contributed by atoms with Gasteiger partial charge in [0.1, 0.15) is 6.04 Å².